The number of pyridine rings is 1. The lowest BCUT2D eigenvalue weighted by atomic mass is 10.0. The molecule has 0 saturated carbocycles. The molecular weight excluding hydrogens is 368 g/mol. The summed E-state index contributed by atoms with van der Waals surface area (Å²) in [4.78, 5) is 14.1. The lowest BCUT2D eigenvalue weighted by Crippen LogP contribution is -2.35. The number of nitrogens with zero attached hydrogens (tertiary/aromatic N) is 6. The van der Waals surface area contributed by atoms with E-state index in [1.54, 1.807) is 26.5 Å². The second kappa shape index (κ2) is 6.78. The number of fused-ring (bicyclic) bond motifs is 1. The quantitative estimate of drug-likeness (QED) is 0.670. The van der Waals surface area contributed by atoms with E-state index < -0.39 is 5.60 Å². The van der Waals surface area contributed by atoms with E-state index in [-0.39, 0.29) is 6.09 Å². The Hall–Kier alpha value is -3.60. The molecule has 0 bridgehead atoms. The van der Waals surface area contributed by atoms with Gasteiger partial charge in [-0.3, -0.25) is 4.68 Å². The normalized spacial score (nSPS) is 14.2. The van der Waals surface area contributed by atoms with Crippen molar-refractivity contribution in [1.29, 1.82) is 5.26 Å². The van der Waals surface area contributed by atoms with Gasteiger partial charge in [0, 0.05) is 49.2 Å². The first-order valence-electron chi connectivity index (χ1n) is 9.33. The number of carbonyl (C=O) groups excluding carboxylic acids is 1. The molecule has 4 heterocycles. The third kappa shape index (κ3) is 3.59. The molecule has 0 unspecified atom stereocenters. The summed E-state index contributed by atoms with van der Waals surface area (Å²) in [6.45, 7) is 6.42. The van der Waals surface area contributed by atoms with Gasteiger partial charge in [-0.1, -0.05) is 6.08 Å². The lowest BCUT2D eigenvalue weighted by Gasteiger charge is -2.24. The number of rotatable bonds is 2. The van der Waals surface area contributed by atoms with Crippen molar-refractivity contribution < 1.29 is 9.53 Å². The fourth-order valence-corrected chi connectivity index (χ4v) is 3.39. The summed E-state index contributed by atoms with van der Waals surface area (Å²) < 4.78 is 8.95. The Morgan fingerprint density at radius 2 is 2.00 bits per heavy atom. The predicted molar refractivity (Wildman–Crippen MR) is 108 cm³/mol. The number of aryl methyl sites for hydroxylation is 1. The van der Waals surface area contributed by atoms with E-state index in [0.717, 1.165) is 27.8 Å². The molecule has 3 aromatic rings. The molecule has 0 saturated heterocycles. The molecule has 148 valence electrons. The maximum atomic E-state index is 12.5. The molecule has 8 nitrogen and oxygen atoms in total. The summed E-state index contributed by atoms with van der Waals surface area (Å²) in [7, 11) is 1.86. The molecular formula is C21H22N6O2. The van der Waals surface area contributed by atoms with Gasteiger partial charge in [0.1, 0.15) is 11.7 Å². The van der Waals surface area contributed by atoms with Crippen molar-refractivity contribution in [2.45, 2.75) is 26.4 Å². The molecule has 1 aliphatic heterocycles. The average Bonchev–Trinajstić information content (AvgIpc) is 3.38. The number of amides is 1. The summed E-state index contributed by atoms with van der Waals surface area (Å²) >= 11 is 0. The second-order valence-corrected chi connectivity index (χ2v) is 8.10. The molecule has 1 amide bonds. The zero-order chi connectivity index (χ0) is 20.8. The lowest BCUT2D eigenvalue weighted by molar-refractivity contribution is 0.0306. The number of nitriles is 1. The Morgan fingerprint density at radius 1 is 1.21 bits per heavy atom. The number of hydrogen-bond acceptors (Lipinski definition) is 5. The molecule has 29 heavy (non-hydrogen) atoms. The number of ether oxygens (including phenoxy) is 1. The van der Waals surface area contributed by atoms with Crippen LogP contribution in [0.4, 0.5) is 4.79 Å². The van der Waals surface area contributed by atoms with Crippen molar-refractivity contribution in [2.24, 2.45) is 7.05 Å². The van der Waals surface area contributed by atoms with Crippen molar-refractivity contribution >= 4 is 17.2 Å². The fraction of sp³-hybridized carbons (Fsp3) is 0.333. The van der Waals surface area contributed by atoms with E-state index >= 15 is 0 Å². The Labute approximate surface area is 168 Å². The molecule has 1 aliphatic rings. The zero-order valence-electron chi connectivity index (χ0n) is 16.9. The second-order valence-electron chi connectivity index (χ2n) is 8.10. The molecule has 0 fully saturated rings. The minimum atomic E-state index is -0.549. The third-order valence-corrected chi connectivity index (χ3v) is 4.69. The Kier molecular flexibility index (Phi) is 4.38. The van der Waals surface area contributed by atoms with Gasteiger partial charge in [-0.15, -0.1) is 0 Å². The molecule has 0 N–H and O–H groups in total. The predicted octanol–water partition coefficient (Wildman–Crippen LogP) is 3.24. The van der Waals surface area contributed by atoms with Crippen LogP contribution in [0.2, 0.25) is 0 Å². The summed E-state index contributed by atoms with van der Waals surface area (Å²) in [6, 6.07) is 4.24. The molecule has 3 aromatic heterocycles. The Bertz CT molecular complexity index is 1170. The van der Waals surface area contributed by atoms with Crippen LogP contribution < -0.4 is 0 Å². The van der Waals surface area contributed by atoms with Gasteiger partial charge >= 0.3 is 6.09 Å². The van der Waals surface area contributed by atoms with Crippen LogP contribution in [0.3, 0.4) is 0 Å². The van der Waals surface area contributed by atoms with Gasteiger partial charge < -0.3 is 9.64 Å². The van der Waals surface area contributed by atoms with Crippen molar-refractivity contribution in [3.8, 4) is 17.2 Å². The van der Waals surface area contributed by atoms with Crippen LogP contribution in [-0.2, 0) is 11.8 Å². The van der Waals surface area contributed by atoms with Crippen LogP contribution in [0.1, 0.15) is 31.9 Å². The van der Waals surface area contributed by atoms with Crippen molar-refractivity contribution in [1.82, 2.24) is 24.3 Å². The van der Waals surface area contributed by atoms with Gasteiger partial charge in [-0.25, -0.2) is 9.31 Å². The highest BCUT2D eigenvalue weighted by atomic mass is 16.6. The van der Waals surface area contributed by atoms with E-state index in [1.165, 1.54) is 0 Å². The minimum absolute atomic E-state index is 0.350. The van der Waals surface area contributed by atoms with Gasteiger partial charge in [-0.05, 0) is 32.4 Å². The highest BCUT2D eigenvalue weighted by molar-refractivity contribution is 5.88. The van der Waals surface area contributed by atoms with Gasteiger partial charge in [0.2, 0.25) is 0 Å². The molecule has 0 radical (unpaired) electrons. The fourth-order valence-electron chi connectivity index (χ4n) is 3.39. The topological polar surface area (TPSA) is 88.5 Å². The zero-order valence-corrected chi connectivity index (χ0v) is 16.9. The molecule has 0 spiro atoms. The van der Waals surface area contributed by atoms with Crippen LogP contribution in [-0.4, -0.2) is 49.1 Å². The third-order valence-electron chi connectivity index (χ3n) is 4.69. The van der Waals surface area contributed by atoms with Crippen LogP contribution in [0.15, 0.2) is 36.9 Å². The summed E-state index contributed by atoms with van der Waals surface area (Å²) in [5.74, 6) is 0. The Balaban J connectivity index is 1.74. The average molecular weight is 390 g/mol. The number of hydrogen-bond donors (Lipinski definition) is 0. The van der Waals surface area contributed by atoms with Crippen molar-refractivity contribution in [3.63, 3.8) is 0 Å². The minimum Gasteiger partial charge on any atom is -0.444 e. The van der Waals surface area contributed by atoms with E-state index in [2.05, 4.69) is 16.3 Å². The largest absolute Gasteiger partial charge is 0.444 e. The Morgan fingerprint density at radius 3 is 2.66 bits per heavy atom. The molecule has 8 heteroatoms. The van der Waals surface area contributed by atoms with Gasteiger partial charge in [0.05, 0.1) is 23.5 Å². The van der Waals surface area contributed by atoms with Crippen LogP contribution in [0.5, 0.6) is 0 Å². The van der Waals surface area contributed by atoms with Crippen LogP contribution in [0, 0.1) is 11.3 Å². The summed E-state index contributed by atoms with van der Waals surface area (Å²) in [5.41, 5.74) is 4.41. The monoisotopic (exact) mass is 390 g/mol. The van der Waals surface area contributed by atoms with Crippen molar-refractivity contribution in [2.75, 3.05) is 13.1 Å². The first-order chi connectivity index (χ1) is 13.7. The molecule has 0 aliphatic carbocycles. The van der Waals surface area contributed by atoms with Gasteiger partial charge in [0.15, 0.2) is 0 Å². The molecule has 0 atom stereocenters. The SMILES string of the molecule is Cn1cc(-c2cc(C3=CCN(C(=O)OC(C)(C)C)C3)c3c(C#N)cnn3c2)cn1. The van der Waals surface area contributed by atoms with Crippen molar-refractivity contribution in [3.05, 3.63) is 48.1 Å². The van der Waals surface area contributed by atoms with E-state index in [0.29, 0.717) is 18.7 Å². The van der Waals surface area contributed by atoms with Crippen LogP contribution in [0.25, 0.3) is 22.2 Å². The smallest absolute Gasteiger partial charge is 0.410 e. The summed E-state index contributed by atoms with van der Waals surface area (Å²) in [5, 5.41) is 18.1. The standard InChI is InChI=1S/C21H22N6O2/c1-21(2,3)29-20(28)26-6-5-14(12-26)18-7-15(17-10-23-25(4)11-17)13-27-19(18)16(8-22)9-24-27/h5,7,9-11,13H,6,12H2,1-4H3. The summed E-state index contributed by atoms with van der Waals surface area (Å²) in [6.07, 6.45) is 8.81. The van der Waals surface area contributed by atoms with Gasteiger partial charge in [-0.2, -0.15) is 15.5 Å². The maximum Gasteiger partial charge on any atom is 0.410 e. The van der Waals surface area contributed by atoms with Gasteiger partial charge in [0.25, 0.3) is 0 Å². The first-order valence-corrected chi connectivity index (χ1v) is 9.33. The molecule has 0 aromatic carbocycles. The van der Waals surface area contributed by atoms with E-state index in [4.69, 9.17) is 4.74 Å². The van der Waals surface area contributed by atoms with Crippen LogP contribution >= 0.6 is 0 Å². The highest BCUT2D eigenvalue weighted by Crippen LogP contribution is 2.31. The van der Waals surface area contributed by atoms with E-state index in [1.807, 2.05) is 52.4 Å². The number of aromatic nitrogens is 4. The number of carbonyl (C=O) groups is 1. The molecule has 4 rings (SSSR count). The first kappa shape index (κ1) is 18.7. The maximum absolute atomic E-state index is 12.5. The highest BCUT2D eigenvalue weighted by Gasteiger charge is 2.27. The van der Waals surface area contributed by atoms with E-state index in [9.17, 15) is 10.1 Å².